The first-order chi connectivity index (χ1) is 7.68. The van der Waals surface area contributed by atoms with E-state index in [9.17, 15) is 4.79 Å². The number of para-hydroxylation sites is 1. The SMILES string of the molecule is CC1CCN2c3cccc(Cl)c3NC(=O)C12. The van der Waals surface area contributed by atoms with Gasteiger partial charge in [-0.05, 0) is 24.5 Å². The zero-order valence-electron chi connectivity index (χ0n) is 9.03. The number of rotatable bonds is 0. The first-order valence-corrected chi connectivity index (χ1v) is 5.92. The number of carbonyl (C=O) groups is 1. The Morgan fingerprint density at radius 3 is 3.12 bits per heavy atom. The lowest BCUT2D eigenvalue weighted by molar-refractivity contribution is -0.118. The molecule has 1 N–H and O–H groups in total. The molecule has 0 aromatic heterocycles. The number of benzene rings is 1. The van der Waals surface area contributed by atoms with Crippen LogP contribution in [0.2, 0.25) is 5.02 Å². The quantitative estimate of drug-likeness (QED) is 0.751. The van der Waals surface area contributed by atoms with Crippen LogP contribution in [0.25, 0.3) is 0 Å². The predicted octanol–water partition coefficient (Wildman–Crippen LogP) is 2.51. The lowest BCUT2D eigenvalue weighted by Gasteiger charge is -2.34. The number of anilines is 2. The Morgan fingerprint density at radius 2 is 2.31 bits per heavy atom. The van der Waals surface area contributed by atoms with E-state index in [1.54, 1.807) is 6.07 Å². The number of nitrogens with one attached hydrogen (secondary N) is 1. The largest absolute Gasteiger partial charge is 0.358 e. The fourth-order valence-corrected chi connectivity index (χ4v) is 2.91. The molecule has 1 saturated heterocycles. The van der Waals surface area contributed by atoms with E-state index < -0.39 is 0 Å². The van der Waals surface area contributed by atoms with Gasteiger partial charge in [-0.2, -0.15) is 0 Å². The fourth-order valence-electron chi connectivity index (χ4n) is 2.69. The van der Waals surface area contributed by atoms with E-state index >= 15 is 0 Å². The van der Waals surface area contributed by atoms with Crippen molar-refractivity contribution in [3.63, 3.8) is 0 Å². The highest BCUT2D eigenvalue weighted by Gasteiger charge is 2.41. The summed E-state index contributed by atoms with van der Waals surface area (Å²) < 4.78 is 0. The van der Waals surface area contributed by atoms with Crippen LogP contribution >= 0.6 is 11.6 Å². The number of carbonyl (C=O) groups excluding carboxylic acids is 1. The molecule has 3 rings (SSSR count). The van der Waals surface area contributed by atoms with Gasteiger partial charge in [0.15, 0.2) is 0 Å². The Labute approximate surface area is 99.4 Å². The minimum absolute atomic E-state index is 0.0223. The molecule has 0 bridgehead atoms. The first-order valence-electron chi connectivity index (χ1n) is 5.54. The number of fused-ring (bicyclic) bond motifs is 3. The van der Waals surface area contributed by atoms with Gasteiger partial charge in [0.1, 0.15) is 6.04 Å². The molecule has 2 aliphatic heterocycles. The Hall–Kier alpha value is -1.22. The molecule has 2 heterocycles. The van der Waals surface area contributed by atoms with E-state index in [1.165, 1.54) is 0 Å². The minimum Gasteiger partial charge on any atom is -0.358 e. The summed E-state index contributed by atoms with van der Waals surface area (Å²) in [6, 6.07) is 5.73. The van der Waals surface area contributed by atoms with E-state index in [0.29, 0.717) is 10.9 Å². The van der Waals surface area contributed by atoms with E-state index in [0.717, 1.165) is 24.3 Å². The summed E-state index contributed by atoms with van der Waals surface area (Å²) in [5, 5.41) is 3.53. The summed E-state index contributed by atoms with van der Waals surface area (Å²) in [5.74, 6) is 0.484. The smallest absolute Gasteiger partial charge is 0.247 e. The highest BCUT2D eigenvalue weighted by atomic mass is 35.5. The van der Waals surface area contributed by atoms with Crippen LogP contribution in [0.3, 0.4) is 0 Å². The summed E-state index contributed by atoms with van der Waals surface area (Å²) in [5.41, 5.74) is 1.82. The zero-order valence-corrected chi connectivity index (χ0v) is 9.79. The number of amides is 1. The van der Waals surface area contributed by atoms with Crippen LogP contribution in [-0.2, 0) is 4.79 Å². The fraction of sp³-hybridized carbons (Fsp3) is 0.417. The second-order valence-corrected chi connectivity index (χ2v) is 4.93. The maximum Gasteiger partial charge on any atom is 0.247 e. The van der Waals surface area contributed by atoms with Crippen LogP contribution in [0.15, 0.2) is 18.2 Å². The van der Waals surface area contributed by atoms with Gasteiger partial charge in [-0.25, -0.2) is 0 Å². The molecule has 0 radical (unpaired) electrons. The Kier molecular flexibility index (Phi) is 2.11. The molecule has 1 fully saturated rings. The van der Waals surface area contributed by atoms with E-state index in [1.807, 2.05) is 12.1 Å². The first kappa shape index (κ1) is 9.97. The van der Waals surface area contributed by atoms with Gasteiger partial charge in [0.2, 0.25) is 5.91 Å². The van der Waals surface area contributed by atoms with Crippen LogP contribution in [0, 0.1) is 5.92 Å². The van der Waals surface area contributed by atoms with E-state index in [2.05, 4.69) is 17.1 Å². The maximum atomic E-state index is 12.0. The highest BCUT2D eigenvalue weighted by molar-refractivity contribution is 6.35. The molecule has 1 aromatic rings. The van der Waals surface area contributed by atoms with Crippen LogP contribution in [-0.4, -0.2) is 18.5 Å². The minimum atomic E-state index is -0.0223. The molecule has 1 amide bonds. The van der Waals surface area contributed by atoms with Gasteiger partial charge < -0.3 is 10.2 Å². The van der Waals surface area contributed by atoms with Gasteiger partial charge in [0.05, 0.1) is 16.4 Å². The number of nitrogens with zero attached hydrogens (tertiary/aromatic N) is 1. The third-order valence-electron chi connectivity index (χ3n) is 3.52. The average molecular weight is 237 g/mol. The van der Waals surface area contributed by atoms with Crippen molar-refractivity contribution in [3.05, 3.63) is 23.2 Å². The highest BCUT2D eigenvalue weighted by Crippen LogP contribution is 2.41. The molecule has 3 nitrogen and oxygen atoms in total. The van der Waals surface area contributed by atoms with Crippen molar-refractivity contribution in [1.82, 2.24) is 0 Å². The van der Waals surface area contributed by atoms with Crippen molar-refractivity contribution in [2.45, 2.75) is 19.4 Å². The average Bonchev–Trinajstić information content (AvgIpc) is 2.64. The second kappa shape index (κ2) is 3.39. The van der Waals surface area contributed by atoms with E-state index in [4.69, 9.17) is 11.6 Å². The molecular formula is C12H13ClN2O. The molecule has 2 aliphatic rings. The summed E-state index contributed by atoms with van der Waals surface area (Å²) in [6.07, 6.45) is 1.06. The molecule has 0 spiro atoms. The van der Waals surface area contributed by atoms with Gasteiger partial charge in [0.25, 0.3) is 0 Å². The predicted molar refractivity (Wildman–Crippen MR) is 65.0 cm³/mol. The molecule has 2 unspecified atom stereocenters. The van der Waals surface area contributed by atoms with Gasteiger partial charge in [0, 0.05) is 6.54 Å². The van der Waals surface area contributed by atoms with Crippen LogP contribution in [0.1, 0.15) is 13.3 Å². The van der Waals surface area contributed by atoms with Crippen molar-refractivity contribution in [3.8, 4) is 0 Å². The van der Waals surface area contributed by atoms with Gasteiger partial charge in [-0.1, -0.05) is 24.6 Å². The lowest BCUT2D eigenvalue weighted by Crippen LogP contribution is -2.46. The molecule has 0 saturated carbocycles. The zero-order chi connectivity index (χ0) is 11.3. The summed E-state index contributed by atoms with van der Waals surface area (Å²) >= 11 is 6.09. The summed E-state index contributed by atoms with van der Waals surface area (Å²) in [7, 11) is 0. The lowest BCUT2D eigenvalue weighted by atomic mass is 10.00. The molecule has 84 valence electrons. The van der Waals surface area contributed by atoms with Crippen LogP contribution in [0.4, 0.5) is 11.4 Å². The van der Waals surface area contributed by atoms with Crippen molar-refractivity contribution in [1.29, 1.82) is 0 Å². The van der Waals surface area contributed by atoms with Gasteiger partial charge in [-0.3, -0.25) is 4.79 Å². The third-order valence-corrected chi connectivity index (χ3v) is 3.83. The Balaban J connectivity index is 2.13. The molecule has 4 heteroatoms. The standard InChI is InChI=1S/C12H13ClN2O/c1-7-5-6-15-9-4-2-3-8(13)10(9)14-12(16)11(7)15/h2-4,7,11H,5-6H2,1H3,(H,14,16). The van der Waals surface area contributed by atoms with Crippen LogP contribution < -0.4 is 10.2 Å². The topological polar surface area (TPSA) is 32.3 Å². The summed E-state index contributed by atoms with van der Waals surface area (Å²) in [6.45, 7) is 3.06. The molecule has 2 atom stereocenters. The molecule has 0 aliphatic carbocycles. The molecule has 1 aromatic carbocycles. The Morgan fingerprint density at radius 1 is 1.50 bits per heavy atom. The Bertz CT molecular complexity index is 460. The van der Waals surface area contributed by atoms with Gasteiger partial charge in [-0.15, -0.1) is 0 Å². The van der Waals surface area contributed by atoms with Crippen LogP contribution in [0.5, 0.6) is 0 Å². The van der Waals surface area contributed by atoms with Crippen molar-refractivity contribution >= 4 is 28.9 Å². The van der Waals surface area contributed by atoms with Crippen molar-refractivity contribution in [2.75, 3.05) is 16.8 Å². The summed E-state index contributed by atoms with van der Waals surface area (Å²) in [4.78, 5) is 14.2. The number of hydrogen-bond donors (Lipinski definition) is 1. The second-order valence-electron chi connectivity index (χ2n) is 4.53. The number of hydrogen-bond acceptors (Lipinski definition) is 2. The number of halogens is 1. The third kappa shape index (κ3) is 1.24. The van der Waals surface area contributed by atoms with Gasteiger partial charge >= 0.3 is 0 Å². The monoisotopic (exact) mass is 236 g/mol. The normalized spacial score (nSPS) is 27.4. The molecule has 16 heavy (non-hydrogen) atoms. The maximum absolute atomic E-state index is 12.0. The van der Waals surface area contributed by atoms with Crippen molar-refractivity contribution < 1.29 is 4.79 Å². The van der Waals surface area contributed by atoms with Crippen molar-refractivity contribution in [2.24, 2.45) is 5.92 Å². The molecular weight excluding hydrogens is 224 g/mol. The van der Waals surface area contributed by atoms with E-state index in [-0.39, 0.29) is 11.9 Å².